The Morgan fingerprint density at radius 3 is 0.777 bits per heavy atom. The summed E-state index contributed by atoms with van der Waals surface area (Å²) in [5, 5.41) is 58.1. The number of rotatable bonds is 24. The molecule has 20 nitrogen and oxygen atoms in total. The molecule has 0 aromatic rings. The molecule has 0 saturated heterocycles. The van der Waals surface area contributed by atoms with E-state index in [-0.39, 0.29) is 119 Å². The average molecular weight is 1650 g/mol. The molecule has 8 saturated carbocycles. The summed E-state index contributed by atoms with van der Waals surface area (Å²) in [6, 6.07) is 13.2. The number of ether oxygens (including phenoxy) is 4. The molecule has 12 aliphatic carbocycles. The first kappa shape index (κ1) is 91.1. The van der Waals surface area contributed by atoms with Crippen LogP contribution in [0.5, 0.6) is 0 Å². The van der Waals surface area contributed by atoms with Gasteiger partial charge in [-0.25, -0.2) is 24.1 Å². The van der Waals surface area contributed by atoms with Crippen molar-refractivity contribution in [1.29, 1.82) is 26.3 Å². The van der Waals surface area contributed by atoms with Crippen LogP contribution >= 0.6 is 0 Å². The van der Waals surface area contributed by atoms with Crippen molar-refractivity contribution < 1.29 is 38.1 Å². The van der Waals surface area contributed by atoms with E-state index in [2.05, 4.69) is 120 Å². The third-order valence-electron chi connectivity index (χ3n) is 29.4. The summed E-state index contributed by atoms with van der Waals surface area (Å²) in [6.07, 6.45) is 43.6. The zero-order chi connectivity index (χ0) is 86.2. The number of carbonyl (C=O) groups is 4. The maximum atomic E-state index is 15.9. The van der Waals surface area contributed by atoms with Crippen LogP contribution in [0, 0.1) is 103 Å². The molecule has 0 spiro atoms. The van der Waals surface area contributed by atoms with Gasteiger partial charge >= 0.3 is 23.9 Å². The monoisotopic (exact) mass is 1650 g/mol. The standard InChI is InChI=1S/C101H136N12O8/c1-97(2)52-77(81(60-102)86(56-97)110(69-36-20-12-21-37-69)70-38-22-13-23-39-70)84(63-105)93(114)118-65-101(66-119-94(115)85(64-106)78-53-98(3,4)57-87(82(78)61-103)111(71-40-24-14-25-41-71)72-42-26-15-27-43-72,67-120-95(116)91(108-10)79-54-99(5,6)58-88(83(79)62-104)112(73-44-28-16-29-45-73)74-46-30-17-31-47-74)68-121-96(117)92(109-11)80-55-100(7,8)59-89(90(80)107-9)113(75-48-32-18-33-49-75)76-50-34-19-35-51-76/h69-76H,12-59,65-68H2,1-8H3/b84-77+,85-78+,91-79+,92-80-. The Morgan fingerprint density at radius 2 is 0.537 bits per heavy atom. The van der Waals surface area contributed by atoms with Crippen LogP contribution in [-0.4, -0.2) is 118 Å². The Balaban J connectivity index is 1.02. The second kappa shape index (κ2) is 40.9. The van der Waals surface area contributed by atoms with Gasteiger partial charge < -0.3 is 38.5 Å². The van der Waals surface area contributed by atoms with Crippen LogP contribution in [0.25, 0.3) is 14.5 Å². The molecule has 0 unspecified atom stereocenters. The lowest BCUT2D eigenvalue weighted by atomic mass is 9.71. The highest BCUT2D eigenvalue weighted by atomic mass is 16.6. The molecule has 0 amide bonds. The van der Waals surface area contributed by atoms with Gasteiger partial charge in [-0.15, -0.1) is 0 Å². The Labute approximate surface area is 724 Å². The topological polar surface area (TPSA) is 250 Å². The number of esters is 4. The summed E-state index contributed by atoms with van der Waals surface area (Å²) in [5.74, 6) is -4.67. The fourth-order valence-electron chi connectivity index (χ4n) is 23.8. The second-order valence-electron chi connectivity index (χ2n) is 41.4. The number of allylic oxidation sites excluding steroid dienone is 11. The van der Waals surface area contributed by atoms with Crippen LogP contribution in [0.1, 0.15) is 364 Å². The Bertz CT molecular complexity index is 3830. The summed E-state index contributed by atoms with van der Waals surface area (Å²) in [4.78, 5) is 85.7. The fourth-order valence-corrected chi connectivity index (χ4v) is 23.8. The molecular formula is C101H136N12O8. The summed E-state index contributed by atoms with van der Waals surface area (Å²) >= 11 is 0. The van der Waals surface area contributed by atoms with Crippen LogP contribution in [0.2, 0.25) is 0 Å². The largest absolute Gasteiger partial charge is 0.470 e. The average Bonchev–Trinajstić information content (AvgIpc) is 0.774. The van der Waals surface area contributed by atoms with Gasteiger partial charge in [0.25, 0.3) is 11.4 Å². The van der Waals surface area contributed by atoms with Crippen molar-refractivity contribution >= 4 is 23.9 Å². The maximum absolute atomic E-state index is 15.9. The molecule has 0 radical (unpaired) electrons. The van der Waals surface area contributed by atoms with Crippen LogP contribution in [0.15, 0.2) is 90.0 Å². The molecule has 121 heavy (non-hydrogen) atoms. The highest BCUT2D eigenvalue weighted by Gasteiger charge is 2.49. The third kappa shape index (κ3) is 21.6. The number of hydrogen-bond donors (Lipinski definition) is 0. The van der Waals surface area contributed by atoms with Crippen molar-refractivity contribution in [3.05, 3.63) is 124 Å². The highest BCUT2D eigenvalue weighted by Crippen LogP contribution is 2.54. The number of hydrogen-bond acceptors (Lipinski definition) is 17. The molecule has 0 bridgehead atoms. The Hall–Kier alpha value is -9.08. The van der Waals surface area contributed by atoms with Gasteiger partial charge in [0.15, 0.2) is 5.70 Å². The Kier molecular flexibility index (Phi) is 30.8. The summed E-state index contributed by atoms with van der Waals surface area (Å²) in [6.45, 7) is 39.9. The summed E-state index contributed by atoms with van der Waals surface area (Å²) in [7, 11) is 0. The van der Waals surface area contributed by atoms with Gasteiger partial charge in [-0.05, 0) is 198 Å². The van der Waals surface area contributed by atoms with Crippen molar-refractivity contribution in [2.45, 2.75) is 412 Å². The molecule has 0 aromatic carbocycles. The van der Waals surface area contributed by atoms with Crippen molar-refractivity contribution in [2.24, 2.45) is 27.1 Å². The third-order valence-corrected chi connectivity index (χ3v) is 29.4. The lowest BCUT2D eigenvalue weighted by molar-refractivity contribution is -0.165. The van der Waals surface area contributed by atoms with E-state index in [0.717, 1.165) is 280 Å². The van der Waals surface area contributed by atoms with Crippen LogP contribution in [0.4, 0.5) is 0 Å². The van der Waals surface area contributed by atoms with Gasteiger partial charge in [-0.1, -0.05) is 209 Å². The zero-order valence-corrected chi connectivity index (χ0v) is 74.5. The van der Waals surface area contributed by atoms with Gasteiger partial charge in [0.05, 0.1) is 42.5 Å². The van der Waals surface area contributed by atoms with E-state index in [4.69, 9.17) is 38.7 Å². The van der Waals surface area contributed by atoms with Crippen LogP contribution < -0.4 is 0 Å². The highest BCUT2D eigenvalue weighted by molar-refractivity contribution is 5.97. The first-order valence-corrected chi connectivity index (χ1v) is 47.1. The van der Waals surface area contributed by atoms with E-state index >= 15 is 19.2 Å². The van der Waals surface area contributed by atoms with Crippen molar-refractivity contribution in [1.82, 2.24) is 19.6 Å². The first-order chi connectivity index (χ1) is 58.2. The molecule has 648 valence electrons. The van der Waals surface area contributed by atoms with Gasteiger partial charge in [-0.2, -0.15) is 26.3 Å². The predicted molar refractivity (Wildman–Crippen MR) is 465 cm³/mol. The van der Waals surface area contributed by atoms with E-state index in [1.54, 1.807) is 0 Å². The molecule has 0 heterocycles. The predicted octanol–water partition coefficient (Wildman–Crippen LogP) is 22.7. The number of nitriles is 5. The van der Waals surface area contributed by atoms with Crippen molar-refractivity contribution in [3.63, 3.8) is 0 Å². The normalized spacial score (nSPS) is 25.1. The lowest BCUT2D eigenvalue weighted by Crippen LogP contribution is -2.47. The van der Waals surface area contributed by atoms with E-state index < -0.39 is 99.9 Å². The molecule has 12 rings (SSSR count). The zero-order valence-electron chi connectivity index (χ0n) is 74.5. The van der Waals surface area contributed by atoms with Crippen LogP contribution in [-0.2, 0) is 38.1 Å². The van der Waals surface area contributed by atoms with E-state index in [1.807, 2.05) is 0 Å². The molecule has 0 aromatic heterocycles. The van der Waals surface area contributed by atoms with Crippen molar-refractivity contribution in [3.8, 4) is 30.3 Å². The van der Waals surface area contributed by atoms with Gasteiger partial charge in [0.2, 0.25) is 0 Å². The molecule has 0 N–H and O–H groups in total. The summed E-state index contributed by atoms with van der Waals surface area (Å²) in [5.41, 5.74) is -1.20. The molecule has 20 heteroatoms. The van der Waals surface area contributed by atoms with E-state index in [0.29, 0.717) is 25.7 Å². The number of carbonyl (C=O) groups excluding carboxylic acids is 4. The fraction of sp³-hybridized carbons (Fsp3) is 0.723. The minimum Gasteiger partial charge on any atom is -0.470 e. The minimum absolute atomic E-state index is 0.151. The van der Waals surface area contributed by atoms with Crippen LogP contribution in [0.3, 0.4) is 0 Å². The molecular weight excluding hydrogens is 1510 g/mol. The Morgan fingerprint density at radius 1 is 0.322 bits per heavy atom. The van der Waals surface area contributed by atoms with Gasteiger partial charge in [0, 0.05) is 71.1 Å². The van der Waals surface area contributed by atoms with E-state index in [9.17, 15) is 26.3 Å². The van der Waals surface area contributed by atoms with Gasteiger partial charge in [0.1, 0.15) is 67.3 Å². The molecule has 0 atom stereocenters. The van der Waals surface area contributed by atoms with Crippen molar-refractivity contribution in [2.75, 3.05) is 26.4 Å². The first-order valence-electron chi connectivity index (χ1n) is 47.1. The lowest BCUT2D eigenvalue weighted by Gasteiger charge is -2.48. The quantitative estimate of drug-likeness (QED) is 0.0286. The maximum Gasteiger partial charge on any atom is 0.349 e. The SMILES string of the molecule is [C-]#[N+]C1=C(N(C2CCCCC2)C2CCCCC2)CC(C)(C)C/C1=C(/[N+]#[C-])C(=O)OCC(COC(=O)/C(C#N)=C1\CC(C)(C)CC(N(C2CCCCC2)C2CCCCC2)=C1C#N)(COC(=O)/C(C#N)=C1\CC(C)(C)CC(N(C2CCCCC2)C2CCCCC2)=C1C#N)COC(=O)/C([N+]#[C-])=C1/CC(C)(C)CC(N(C2CCCCC2)C2CCCCC2)=C1C#N. The molecule has 8 fully saturated rings. The summed E-state index contributed by atoms with van der Waals surface area (Å²) < 4.78 is 26.2. The van der Waals surface area contributed by atoms with Gasteiger partial charge in [-0.3, -0.25) is 9.59 Å². The smallest absolute Gasteiger partial charge is 0.349 e. The molecule has 12 aliphatic rings. The minimum atomic E-state index is -2.24. The van der Waals surface area contributed by atoms with E-state index in [1.165, 1.54) is 0 Å². The second-order valence-corrected chi connectivity index (χ2v) is 41.4. The molecule has 0 aliphatic heterocycles. The number of nitrogens with zero attached hydrogens (tertiary/aromatic N) is 12.